The molecule has 20 heavy (non-hydrogen) atoms. The lowest BCUT2D eigenvalue weighted by Gasteiger charge is -2.22. The number of aromatic hydroxyl groups is 1. The highest BCUT2D eigenvalue weighted by molar-refractivity contribution is 9.10. The molecular formula is C16H18BrNO2. The minimum atomic E-state index is 0.134. The quantitative estimate of drug-likeness (QED) is 0.912. The van der Waals surface area contributed by atoms with Crippen LogP contribution < -0.4 is 9.64 Å². The Kier molecular flexibility index (Phi) is 4.55. The standard InChI is InChI=1S/C16H18BrNO2/c1-11-6-4-5-7-14(11)18(2)10-12-8-13(17)16(19)15(9-12)20-3/h4-9,19H,10H2,1-3H3. The van der Waals surface area contributed by atoms with Crippen LogP contribution in [0.15, 0.2) is 40.9 Å². The molecule has 0 amide bonds. The number of halogens is 1. The molecule has 0 aromatic heterocycles. The third kappa shape index (κ3) is 3.07. The van der Waals surface area contributed by atoms with Gasteiger partial charge in [0, 0.05) is 19.3 Å². The fourth-order valence-corrected chi connectivity index (χ4v) is 2.71. The molecule has 1 N–H and O–H groups in total. The van der Waals surface area contributed by atoms with E-state index in [1.807, 2.05) is 24.3 Å². The van der Waals surface area contributed by atoms with Crippen molar-refractivity contribution in [3.63, 3.8) is 0 Å². The van der Waals surface area contributed by atoms with Crippen LogP contribution in [-0.4, -0.2) is 19.3 Å². The number of methoxy groups -OCH3 is 1. The van der Waals surface area contributed by atoms with E-state index < -0.39 is 0 Å². The Hall–Kier alpha value is -1.68. The van der Waals surface area contributed by atoms with E-state index in [-0.39, 0.29) is 5.75 Å². The van der Waals surface area contributed by atoms with Gasteiger partial charge in [-0.2, -0.15) is 0 Å². The van der Waals surface area contributed by atoms with Gasteiger partial charge in [-0.1, -0.05) is 18.2 Å². The zero-order valence-electron chi connectivity index (χ0n) is 11.9. The minimum absolute atomic E-state index is 0.134. The predicted octanol–water partition coefficient (Wildman–Crippen LogP) is 4.11. The van der Waals surface area contributed by atoms with Crippen molar-refractivity contribution in [2.24, 2.45) is 0 Å². The van der Waals surface area contributed by atoms with Crippen LogP contribution in [0.5, 0.6) is 11.5 Å². The molecule has 2 aromatic carbocycles. The summed E-state index contributed by atoms with van der Waals surface area (Å²) in [6.07, 6.45) is 0. The van der Waals surface area contributed by atoms with E-state index in [0.717, 1.165) is 12.1 Å². The average Bonchev–Trinajstić information content (AvgIpc) is 2.43. The number of anilines is 1. The summed E-state index contributed by atoms with van der Waals surface area (Å²) >= 11 is 3.35. The van der Waals surface area contributed by atoms with Gasteiger partial charge in [0.15, 0.2) is 11.5 Å². The fourth-order valence-electron chi connectivity index (χ4n) is 2.22. The molecule has 2 aromatic rings. The van der Waals surface area contributed by atoms with Gasteiger partial charge < -0.3 is 14.7 Å². The van der Waals surface area contributed by atoms with Crippen molar-refractivity contribution in [3.05, 3.63) is 52.0 Å². The van der Waals surface area contributed by atoms with Gasteiger partial charge in [0.25, 0.3) is 0 Å². The topological polar surface area (TPSA) is 32.7 Å². The van der Waals surface area contributed by atoms with Gasteiger partial charge in [-0.25, -0.2) is 0 Å². The number of ether oxygens (including phenoxy) is 1. The Morgan fingerprint density at radius 3 is 2.60 bits per heavy atom. The second-order valence-corrected chi connectivity index (χ2v) is 5.63. The van der Waals surface area contributed by atoms with Crippen LogP contribution in [0.25, 0.3) is 0 Å². The molecule has 106 valence electrons. The van der Waals surface area contributed by atoms with Gasteiger partial charge in [0.05, 0.1) is 11.6 Å². The summed E-state index contributed by atoms with van der Waals surface area (Å²) in [6, 6.07) is 12.0. The van der Waals surface area contributed by atoms with Crippen molar-refractivity contribution >= 4 is 21.6 Å². The Morgan fingerprint density at radius 2 is 1.95 bits per heavy atom. The molecule has 3 nitrogen and oxygen atoms in total. The van der Waals surface area contributed by atoms with Gasteiger partial charge in [-0.3, -0.25) is 0 Å². The summed E-state index contributed by atoms with van der Waals surface area (Å²) in [6.45, 7) is 2.83. The maximum absolute atomic E-state index is 9.83. The highest BCUT2D eigenvalue weighted by Gasteiger charge is 2.11. The van der Waals surface area contributed by atoms with Gasteiger partial charge in [0.1, 0.15) is 0 Å². The molecule has 0 saturated carbocycles. The summed E-state index contributed by atoms with van der Waals surface area (Å²) < 4.78 is 5.82. The summed E-state index contributed by atoms with van der Waals surface area (Å²) in [4.78, 5) is 2.17. The summed E-state index contributed by atoms with van der Waals surface area (Å²) in [5.41, 5.74) is 3.49. The largest absolute Gasteiger partial charge is 0.503 e. The molecule has 0 aliphatic rings. The maximum atomic E-state index is 9.83. The normalized spacial score (nSPS) is 10.4. The van der Waals surface area contributed by atoms with Crippen LogP contribution in [0.4, 0.5) is 5.69 Å². The maximum Gasteiger partial charge on any atom is 0.172 e. The van der Waals surface area contributed by atoms with E-state index >= 15 is 0 Å². The van der Waals surface area contributed by atoms with Gasteiger partial charge in [0.2, 0.25) is 0 Å². The number of para-hydroxylation sites is 1. The van der Waals surface area contributed by atoms with Crippen LogP contribution in [0, 0.1) is 6.92 Å². The fraction of sp³-hybridized carbons (Fsp3) is 0.250. The van der Waals surface area contributed by atoms with Crippen molar-refractivity contribution < 1.29 is 9.84 Å². The number of phenolic OH excluding ortho intramolecular Hbond substituents is 1. The first-order chi connectivity index (χ1) is 9.52. The minimum Gasteiger partial charge on any atom is -0.503 e. The smallest absolute Gasteiger partial charge is 0.172 e. The van der Waals surface area contributed by atoms with E-state index in [2.05, 4.69) is 46.9 Å². The zero-order chi connectivity index (χ0) is 14.7. The van der Waals surface area contributed by atoms with Crippen molar-refractivity contribution in [2.45, 2.75) is 13.5 Å². The summed E-state index contributed by atoms with van der Waals surface area (Å²) in [5, 5.41) is 9.83. The molecule has 0 fully saturated rings. The Balaban J connectivity index is 2.26. The average molecular weight is 336 g/mol. The molecule has 0 saturated heterocycles. The van der Waals surface area contributed by atoms with E-state index in [1.165, 1.54) is 11.3 Å². The first kappa shape index (κ1) is 14.7. The van der Waals surface area contributed by atoms with Crippen LogP contribution >= 0.6 is 15.9 Å². The Bertz CT molecular complexity index is 613. The number of benzene rings is 2. The molecule has 0 spiro atoms. The Labute approximate surface area is 127 Å². The van der Waals surface area contributed by atoms with Crippen LogP contribution in [-0.2, 0) is 6.54 Å². The number of hydrogen-bond donors (Lipinski definition) is 1. The van der Waals surface area contributed by atoms with Crippen LogP contribution in [0.2, 0.25) is 0 Å². The van der Waals surface area contributed by atoms with E-state index in [0.29, 0.717) is 10.2 Å². The van der Waals surface area contributed by atoms with Crippen molar-refractivity contribution in [1.29, 1.82) is 0 Å². The first-order valence-corrected chi connectivity index (χ1v) is 7.14. The van der Waals surface area contributed by atoms with Crippen molar-refractivity contribution in [3.8, 4) is 11.5 Å². The Morgan fingerprint density at radius 1 is 1.25 bits per heavy atom. The molecule has 0 aliphatic carbocycles. The SMILES string of the molecule is COc1cc(CN(C)c2ccccc2C)cc(Br)c1O. The number of hydrogen-bond acceptors (Lipinski definition) is 3. The van der Waals surface area contributed by atoms with Crippen molar-refractivity contribution in [1.82, 2.24) is 0 Å². The molecule has 0 bridgehead atoms. The number of aryl methyl sites for hydroxylation is 1. The lowest BCUT2D eigenvalue weighted by Crippen LogP contribution is -2.17. The van der Waals surface area contributed by atoms with E-state index in [1.54, 1.807) is 7.11 Å². The zero-order valence-corrected chi connectivity index (χ0v) is 13.4. The van der Waals surface area contributed by atoms with Crippen LogP contribution in [0.1, 0.15) is 11.1 Å². The predicted molar refractivity (Wildman–Crippen MR) is 85.6 cm³/mol. The lowest BCUT2D eigenvalue weighted by molar-refractivity contribution is 0.371. The molecular weight excluding hydrogens is 318 g/mol. The number of phenols is 1. The molecule has 4 heteroatoms. The number of rotatable bonds is 4. The summed E-state index contributed by atoms with van der Waals surface area (Å²) in [7, 11) is 3.60. The first-order valence-electron chi connectivity index (χ1n) is 6.35. The van der Waals surface area contributed by atoms with Gasteiger partial charge >= 0.3 is 0 Å². The lowest BCUT2D eigenvalue weighted by atomic mass is 10.1. The molecule has 0 aliphatic heterocycles. The molecule has 0 unspecified atom stereocenters. The molecule has 0 heterocycles. The molecule has 2 rings (SSSR count). The van der Waals surface area contributed by atoms with Crippen molar-refractivity contribution in [2.75, 3.05) is 19.1 Å². The summed E-state index contributed by atoms with van der Waals surface area (Å²) in [5.74, 6) is 0.613. The number of nitrogens with zero attached hydrogens (tertiary/aromatic N) is 1. The highest BCUT2D eigenvalue weighted by Crippen LogP contribution is 2.35. The van der Waals surface area contributed by atoms with E-state index in [9.17, 15) is 5.11 Å². The third-order valence-electron chi connectivity index (χ3n) is 3.25. The second kappa shape index (κ2) is 6.18. The van der Waals surface area contributed by atoms with Gasteiger partial charge in [-0.15, -0.1) is 0 Å². The monoisotopic (exact) mass is 335 g/mol. The second-order valence-electron chi connectivity index (χ2n) is 4.77. The van der Waals surface area contributed by atoms with Gasteiger partial charge in [-0.05, 0) is 52.2 Å². The molecule has 0 atom stereocenters. The third-order valence-corrected chi connectivity index (χ3v) is 3.86. The highest BCUT2D eigenvalue weighted by atomic mass is 79.9. The van der Waals surface area contributed by atoms with Crippen LogP contribution in [0.3, 0.4) is 0 Å². The van der Waals surface area contributed by atoms with E-state index in [4.69, 9.17) is 4.74 Å². The molecule has 0 radical (unpaired) electrons.